The van der Waals surface area contributed by atoms with Crippen molar-refractivity contribution in [3.8, 4) is 0 Å². The summed E-state index contributed by atoms with van der Waals surface area (Å²) < 4.78 is 15.0. The first-order chi connectivity index (χ1) is 11.0. The molecular weight excluding hydrogens is 320 g/mol. The van der Waals surface area contributed by atoms with Crippen LogP contribution in [-0.2, 0) is 23.8 Å². The highest BCUT2D eigenvalue weighted by atomic mass is 35.5. The van der Waals surface area contributed by atoms with Gasteiger partial charge in [-0.3, -0.25) is 0 Å². The minimum absolute atomic E-state index is 0.208. The number of halogens is 1. The summed E-state index contributed by atoms with van der Waals surface area (Å²) in [4.78, 5) is 23.5. The van der Waals surface area contributed by atoms with Crippen LogP contribution in [0.3, 0.4) is 0 Å². The molecule has 1 aliphatic rings. The van der Waals surface area contributed by atoms with Crippen LogP contribution in [0.1, 0.15) is 58.3 Å². The molecule has 1 rings (SSSR count). The lowest BCUT2D eigenvalue weighted by molar-refractivity contribution is -0.162. The molecule has 0 amide bonds. The Kier molecular flexibility index (Phi) is 9.56. The highest BCUT2D eigenvalue weighted by Crippen LogP contribution is 2.35. The predicted molar refractivity (Wildman–Crippen MR) is 88.4 cm³/mol. The van der Waals surface area contributed by atoms with Crippen molar-refractivity contribution in [2.24, 2.45) is 5.92 Å². The Morgan fingerprint density at radius 2 is 1.70 bits per heavy atom. The monoisotopic (exact) mass is 348 g/mol. The number of hydrogen-bond donors (Lipinski definition) is 0. The molecule has 0 spiro atoms. The zero-order chi connectivity index (χ0) is 17.2. The molecule has 1 saturated heterocycles. The Labute approximate surface area is 144 Å². The maximum Gasteiger partial charge on any atom is 0.335 e. The van der Waals surface area contributed by atoms with Crippen molar-refractivity contribution in [1.29, 1.82) is 0 Å². The van der Waals surface area contributed by atoms with E-state index in [2.05, 4.69) is 6.92 Å². The van der Waals surface area contributed by atoms with Crippen LogP contribution in [0.2, 0.25) is 0 Å². The van der Waals surface area contributed by atoms with Crippen LogP contribution in [-0.4, -0.2) is 43.7 Å². The highest BCUT2D eigenvalue weighted by molar-refractivity contribution is 6.21. The van der Waals surface area contributed by atoms with Crippen molar-refractivity contribution in [3.63, 3.8) is 0 Å². The smallest absolute Gasteiger partial charge is 0.335 e. The summed E-state index contributed by atoms with van der Waals surface area (Å²) in [5, 5.41) is -0.208. The Hall–Kier alpha value is -0.810. The Balaban J connectivity index is 2.49. The molecule has 1 aliphatic heterocycles. The molecule has 134 valence electrons. The van der Waals surface area contributed by atoms with Crippen molar-refractivity contribution >= 4 is 23.5 Å². The Bertz CT molecular complexity index is 374. The molecule has 0 aromatic rings. The van der Waals surface area contributed by atoms with E-state index in [1.807, 2.05) is 0 Å². The molecule has 0 aromatic heterocycles. The van der Waals surface area contributed by atoms with Gasteiger partial charge in [-0.15, -0.1) is 11.6 Å². The first-order valence-electron chi connectivity index (χ1n) is 8.50. The van der Waals surface area contributed by atoms with Gasteiger partial charge in [0.15, 0.2) is 12.2 Å². The van der Waals surface area contributed by atoms with E-state index in [9.17, 15) is 9.59 Å². The third-order valence-corrected chi connectivity index (χ3v) is 4.92. The molecule has 0 N–H and O–H groups in total. The SMILES string of the molecule is CCCCCCCCC(Cl)[C@@H]1CC(C(=O)OC)O[C@@H]1C(=O)OC. The minimum atomic E-state index is -0.785. The van der Waals surface area contributed by atoms with E-state index in [1.165, 1.54) is 39.9 Å². The second kappa shape index (κ2) is 10.9. The summed E-state index contributed by atoms with van der Waals surface area (Å²) in [5.41, 5.74) is 0. The van der Waals surface area contributed by atoms with Crippen molar-refractivity contribution in [1.82, 2.24) is 0 Å². The number of alkyl halides is 1. The van der Waals surface area contributed by atoms with Gasteiger partial charge in [-0.25, -0.2) is 9.59 Å². The summed E-state index contributed by atoms with van der Waals surface area (Å²) in [5.74, 6) is -1.16. The summed E-state index contributed by atoms with van der Waals surface area (Å²) >= 11 is 6.50. The van der Waals surface area contributed by atoms with Crippen molar-refractivity contribution < 1.29 is 23.8 Å². The van der Waals surface area contributed by atoms with Gasteiger partial charge >= 0.3 is 11.9 Å². The lowest BCUT2D eigenvalue weighted by atomic mass is 9.92. The van der Waals surface area contributed by atoms with Crippen LogP contribution in [0.5, 0.6) is 0 Å². The summed E-state index contributed by atoms with van der Waals surface area (Å²) in [6, 6.07) is 0. The third kappa shape index (κ3) is 6.30. The summed E-state index contributed by atoms with van der Waals surface area (Å²) in [7, 11) is 2.62. The number of carbonyl (C=O) groups is 2. The molecule has 4 atom stereocenters. The molecule has 2 unspecified atom stereocenters. The van der Waals surface area contributed by atoms with Gasteiger partial charge in [0.05, 0.1) is 14.2 Å². The molecular formula is C17H29ClO5. The topological polar surface area (TPSA) is 61.8 Å². The van der Waals surface area contributed by atoms with E-state index < -0.39 is 24.1 Å². The molecule has 0 bridgehead atoms. The normalized spacial score (nSPS) is 25.1. The van der Waals surface area contributed by atoms with E-state index >= 15 is 0 Å². The molecule has 0 saturated carbocycles. The fourth-order valence-corrected chi connectivity index (χ4v) is 3.39. The first-order valence-corrected chi connectivity index (χ1v) is 8.93. The standard InChI is InChI=1S/C17H29ClO5/c1-4-5-6-7-8-9-10-13(18)12-11-14(16(19)21-2)23-15(12)17(20)22-3/h12-15H,4-11H2,1-3H3/t12-,13?,14?,15-/m0/s1. The fraction of sp³-hybridized carbons (Fsp3) is 0.882. The average molecular weight is 349 g/mol. The van der Waals surface area contributed by atoms with Gasteiger partial charge in [0.25, 0.3) is 0 Å². The predicted octanol–water partition coefficient (Wildman–Crippen LogP) is 3.46. The van der Waals surface area contributed by atoms with Crippen molar-refractivity contribution in [3.05, 3.63) is 0 Å². The van der Waals surface area contributed by atoms with E-state index in [1.54, 1.807) is 0 Å². The fourth-order valence-electron chi connectivity index (χ4n) is 3.01. The lowest BCUT2D eigenvalue weighted by Crippen LogP contribution is -2.33. The molecule has 23 heavy (non-hydrogen) atoms. The van der Waals surface area contributed by atoms with Gasteiger partial charge in [-0.05, 0) is 12.8 Å². The van der Waals surface area contributed by atoms with Crippen LogP contribution in [0.15, 0.2) is 0 Å². The molecule has 1 fully saturated rings. The van der Waals surface area contributed by atoms with Crippen LogP contribution in [0.4, 0.5) is 0 Å². The molecule has 0 radical (unpaired) electrons. The number of methoxy groups -OCH3 is 2. The zero-order valence-corrected chi connectivity index (χ0v) is 15.1. The first kappa shape index (κ1) is 20.2. The number of hydrogen-bond acceptors (Lipinski definition) is 5. The summed E-state index contributed by atoms with van der Waals surface area (Å²) in [6.45, 7) is 2.19. The molecule has 6 heteroatoms. The highest BCUT2D eigenvalue weighted by Gasteiger charge is 2.46. The second-order valence-corrected chi connectivity index (χ2v) is 6.62. The number of ether oxygens (including phenoxy) is 3. The van der Waals surface area contributed by atoms with Gasteiger partial charge in [0.2, 0.25) is 0 Å². The van der Waals surface area contributed by atoms with Gasteiger partial charge < -0.3 is 14.2 Å². The lowest BCUT2D eigenvalue weighted by Gasteiger charge is -2.21. The van der Waals surface area contributed by atoms with Crippen LogP contribution >= 0.6 is 11.6 Å². The molecule has 0 aliphatic carbocycles. The van der Waals surface area contributed by atoms with Crippen LogP contribution < -0.4 is 0 Å². The van der Waals surface area contributed by atoms with Crippen LogP contribution in [0, 0.1) is 5.92 Å². The largest absolute Gasteiger partial charge is 0.467 e. The van der Waals surface area contributed by atoms with Gasteiger partial charge in [-0.1, -0.05) is 45.4 Å². The quantitative estimate of drug-likeness (QED) is 0.343. The molecule has 0 aromatic carbocycles. The average Bonchev–Trinajstić information content (AvgIpc) is 3.01. The number of esters is 2. The molecule has 1 heterocycles. The zero-order valence-electron chi connectivity index (χ0n) is 14.4. The van der Waals surface area contributed by atoms with Gasteiger partial charge in [-0.2, -0.15) is 0 Å². The minimum Gasteiger partial charge on any atom is -0.467 e. The van der Waals surface area contributed by atoms with Gasteiger partial charge in [0.1, 0.15) is 0 Å². The number of carbonyl (C=O) groups excluding carboxylic acids is 2. The van der Waals surface area contributed by atoms with Crippen LogP contribution in [0.25, 0.3) is 0 Å². The maximum atomic E-state index is 11.9. The van der Waals surface area contributed by atoms with Gasteiger partial charge in [0, 0.05) is 11.3 Å². The number of rotatable bonds is 10. The van der Waals surface area contributed by atoms with E-state index in [0.29, 0.717) is 6.42 Å². The number of unbranched alkanes of at least 4 members (excludes halogenated alkanes) is 5. The molecule has 5 nitrogen and oxygen atoms in total. The maximum absolute atomic E-state index is 11.9. The van der Waals surface area contributed by atoms with Crippen molar-refractivity contribution in [2.75, 3.05) is 14.2 Å². The Morgan fingerprint density at radius 3 is 2.30 bits per heavy atom. The van der Waals surface area contributed by atoms with E-state index in [0.717, 1.165) is 19.3 Å². The van der Waals surface area contributed by atoms with E-state index in [4.69, 9.17) is 25.8 Å². The van der Waals surface area contributed by atoms with E-state index in [-0.39, 0.29) is 11.3 Å². The second-order valence-electron chi connectivity index (χ2n) is 6.06. The van der Waals surface area contributed by atoms with Crippen molar-refractivity contribution in [2.45, 2.75) is 75.9 Å². The summed E-state index contributed by atoms with van der Waals surface area (Å²) in [6.07, 6.45) is 6.81. The third-order valence-electron chi connectivity index (χ3n) is 4.38. The Morgan fingerprint density at radius 1 is 1.09 bits per heavy atom.